The average molecular weight is 320 g/mol. The second-order valence-corrected chi connectivity index (χ2v) is 6.67. The number of hydrogen-bond donors (Lipinski definition) is 0. The summed E-state index contributed by atoms with van der Waals surface area (Å²) in [4.78, 5) is 28.6. The van der Waals surface area contributed by atoms with E-state index in [2.05, 4.69) is 12.1 Å². The zero-order valence-corrected chi connectivity index (χ0v) is 13.3. The standard InChI is InChI=1S/C16H20N2O3S/c19-15(7-11-22-14-4-2-1-3-5-14)17-8-6-13(12-17)18-9-10-21-16(18)20/h1-5,13H,6-12H2. The molecule has 0 saturated carbocycles. The van der Waals surface area contributed by atoms with Crippen LogP contribution in [0.25, 0.3) is 0 Å². The number of thioether (sulfide) groups is 1. The van der Waals surface area contributed by atoms with Crippen molar-refractivity contribution in [2.75, 3.05) is 32.0 Å². The van der Waals surface area contributed by atoms with E-state index in [0.29, 0.717) is 26.1 Å². The van der Waals surface area contributed by atoms with Crippen LogP contribution >= 0.6 is 11.8 Å². The Balaban J connectivity index is 1.42. The maximum atomic E-state index is 12.3. The molecule has 1 aromatic carbocycles. The van der Waals surface area contributed by atoms with E-state index in [4.69, 9.17) is 4.74 Å². The third kappa shape index (κ3) is 3.55. The normalized spacial score (nSPS) is 21.3. The molecule has 0 radical (unpaired) electrons. The van der Waals surface area contributed by atoms with Crippen LogP contribution in [0.2, 0.25) is 0 Å². The summed E-state index contributed by atoms with van der Waals surface area (Å²) in [6.07, 6.45) is 1.16. The largest absolute Gasteiger partial charge is 0.448 e. The lowest BCUT2D eigenvalue weighted by Crippen LogP contribution is -2.39. The van der Waals surface area contributed by atoms with Crippen molar-refractivity contribution in [3.63, 3.8) is 0 Å². The highest BCUT2D eigenvalue weighted by molar-refractivity contribution is 7.99. The Morgan fingerprint density at radius 2 is 2.09 bits per heavy atom. The molecule has 2 heterocycles. The SMILES string of the molecule is O=C(CCSc1ccccc1)N1CCC(N2CCOC2=O)C1. The van der Waals surface area contributed by atoms with Gasteiger partial charge in [-0.2, -0.15) is 0 Å². The maximum absolute atomic E-state index is 12.3. The number of carbonyl (C=O) groups excluding carboxylic acids is 2. The van der Waals surface area contributed by atoms with E-state index in [9.17, 15) is 9.59 Å². The van der Waals surface area contributed by atoms with E-state index in [0.717, 1.165) is 18.7 Å². The van der Waals surface area contributed by atoms with Gasteiger partial charge in [-0.15, -0.1) is 11.8 Å². The highest BCUT2D eigenvalue weighted by atomic mass is 32.2. The lowest BCUT2D eigenvalue weighted by molar-refractivity contribution is -0.129. The molecule has 1 atom stereocenters. The van der Waals surface area contributed by atoms with Crippen LogP contribution in [0.15, 0.2) is 35.2 Å². The zero-order valence-electron chi connectivity index (χ0n) is 12.4. The highest BCUT2D eigenvalue weighted by Crippen LogP contribution is 2.22. The van der Waals surface area contributed by atoms with Gasteiger partial charge in [-0.25, -0.2) is 4.79 Å². The monoisotopic (exact) mass is 320 g/mol. The second kappa shape index (κ2) is 7.05. The summed E-state index contributed by atoms with van der Waals surface area (Å²) in [7, 11) is 0. The first-order chi connectivity index (χ1) is 10.7. The topological polar surface area (TPSA) is 49.9 Å². The van der Waals surface area contributed by atoms with Crippen molar-refractivity contribution in [2.24, 2.45) is 0 Å². The predicted molar refractivity (Wildman–Crippen MR) is 84.8 cm³/mol. The van der Waals surface area contributed by atoms with Crippen molar-refractivity contribution in [1.29, 1.82) is 0 Å². The van der Waals surface area contributed by atoms with E-state index >= 15 is 0 Å². The van der Waals surface area contributed by atoms with Crippen molar-refractivity contribution in [1.82, 2.24) is 9.80 Å². The number of carbonyl (C=O) groups is 2. The lowest BCUT2D eigenvalue weighted by Gasteiger charge is -2.21. The quantitative estimate of drug-likeness (QED) is 0.781. The molecule has 2 amide bonds. The van der Waals surface area contributed by atoms with Gasteiger partial charge in [0.05, 0.1) is 12.6 Å². The summed E-state index contributed by atoms with van der Waals surface area (Å²) in [6.45, 7) is 2.50. The molecule has 2 fully saturated rings. The number of cyclic esters (lactones) is 1. The minimum Gasteiger partial charge on any atom is -0.448 e. The van der Waals surface area contributed by atoms with Crippen molar-refractivity contribution in [3.8, 4) is 0 Å². The molecule has 0 aromatic heterocycles. The lowest BCUT2D eigenvalue weighted by atomic mass is 10.2. The van der Waals surface area contributed by atoms with E-state index in [1.54, 1.807) is 16.7 Å². The number of nitrogens with zero attached hydrogens (tertiary/aromatic N) is 2. The Labute approximate surface area is 134 Å². The first kappa shape index (κ1) is 15.2. The van der Waals surface area contributed by atoms with Gasteiger partial charge in [0, 0.05) is 30.2 Å². The highest BCUT2D eigenvalue weighted by Gasteiger charge is 2.35. The molecular weight excluding hydrogens is 300 g/mol. The fraction of sp³-hybridized carbons (Fsp3) is 0.500. The Kier molecular flexibility index (Phi) is 4.87. The third-order valence-corrected chi connectivity index (χ3v) is 5.09. The van der Waals surface area contributed by atoms with Gasteiger partial charge in [0.1, 0.15) is 6.61 Å². The molecule has 0 bridgehead atoms. The molecular formula is C16H20N2O3S. The molecule has 1 unspecified atom stereocenters. The Bertz CT molecular complexity index is 537. The van der Waals surface area contributed by atoms with Gasteiger partial charge in [-0.3, -0.25) is 9.69 Å². The molecule has 6 heteroatoms. The van der Waals surface area contributed by atoms with Crippen LogP contribution in [0, 0.1) is 0 Å². The van der Waals surface area contributed by atoms with Gasteiger partial charge in [0.2, 0.25) is 5.91 Å². The summed E-state index contributed by atoms with van der Waals surface area (Å²) in [5.41, 5.74) is 0. The summed E-state index contributed by atoms with van der Waals surface area (Å²) in [6, 6.07) is 10.2. The van der Waals surface area contributed by atoms with Crippen LogP contribution in [0.1, 0.15) is 12.8 Å². The molecule has 0 N–H and O–H groups in total. The molecule has 22 heavy (non-hydrogen) atoms. The molecule has 5 nitrogen and oxygen atoms in total. The van der Waals surface area contributed by atoms with Crippen molar-refractivity contribution in [2.45, 2.75) is 23.8 Å². The van der Waals surface area contributed by atoms with Gasteiger partial charge in [-0.05, 0) is 18.6 Å². The summed E-state index contributed by atoms with van der Waals surface area (Å²) < 4.78 is 4.97. The molecule has 2 saturated heterocycles. The number of amides is 2. The van der Waals surface area contributed by atoms with Gasteiger partial charge < -0.3 is 9.64 Å². The fourth-order valence-corrected chi connectivity index (χ4v) is 3.75. The van der Waals surface area contributed by atoms with Crippen LogP contribution in [0.3, 0.4) is 0 Å². The molecule has 118 valence electrons. The maximum Gasteiger partial charge on any atom is 0.410 e. The summed E-state index contributed by atoms with van der Waals surface area (Å²) in [5, 5.41) is 0. The minimum atomic E-state index is -0.237. The Morgan fingerprint density at radius 1 is 1.27 bits per heavy atom. The van der Waals surface area contributed by atoms with Gasteiger partial charge in [0.15, 0.2) is 0 Å². The number of likely N-dealkylation sites (tertiary alicyclic amines) is 1. The third-order valence-electron chi connectivity index (χ3n) is 4.08. The van der Waals surface area contributed by atoms with Crippen LogP contribution in [0.5, 0.6) is 0 Å². The van der Waals surface area contributed by atoms with Crippen LogP contribution in [-0.2, 0) is 9.53 Å². The van der Waals surface area contributed by atoms with Crippen molar-refractivity contribution >= 4 is 23.8 Å². The first-order valence-corrected chi connectivity index (χ1v) is 8.61. The Hall–Kier alpha value is -1.69. The smallest absolute Gasteiger partial charge is 0.410 e. The van der Waals surface area contributed by atoms with E-state index in [1.807, 2.05) is 23.1 Å². The van der Waals surface area contributed by atoms with Crippen molar-refractivity contribution < 1.29 is 14.3 Å². The molecule has 2 aliphatic rings. The van der Waals surface area contributed by atoms with Crippen LogP contribution in [0.4, 0.5) is 4.79 Å². The second-order valence-electron chi connectivity index (χ2n) is 5.50. The number of hydrogen-bond acceptors (Lipinski definition) is 4. The fourth-order valence-electron chi connectivity index (χ4n) is 2.89. The van der Waals surface area contributed by atoms with Crippen LogP contribution < -0.4 is 0 Å². The molecule has 1 aromatic rings. The van der Waals surface area contributed by atoms with Gasteiger partial charge >= 0.3 is 6.09 Å². The molecule has 0 aliphatic carbocycles. The number of benzene rings is 1. The molecule has 2 aliphatic heterocycles. The minimum absolute atomic E-state index is 0.126. The van der Waals surface area contributed by atoms with Gasteiger partial charge in [-0.1, -0.05) is 18.2 Å². The van der Waals surface area contributed by atoms with Crippen molar-refractivity contribution in [3.05, 3.63) is 30.3 Å². The Morgan fingerprint density at radius 3 is 2.82 bits per heavy atom. The van der Waals surface area contributed by atoms with E-state index in [1.165, 1.54) is 4.90 Å². The number of ether oxygens (including phenoxy) is 1. The first-order valence-electron chi connectivity index (χ1n) is 7.63. The number of rotatable bonds is 5. The zero-order chi connectivity index (χ0) is 15.4. The predicted octanol–water partition coefficient (Wildman–Crippen LogP) is 2.22. The van der Waals surface area contributed by atoms with E-state index < -0.39 is 0 Å². The molecule has 0 spiro atoms. The molecule has 3 rings (SSSR count). The average Bonchev–Trinajstić information content (AvgIpc) is 3.17. The summed E-state index contributed by atoms with van der Waals surface area (Å²) in [5.74, 6) is 0.967. The summed E-state index contributed by atoms with van der Waals surface area (Å²) >= 11 is 1.70. The van der Waals surface area contributed by atoms with Crippen LogP contribution in [-0.4, -0.2) is 59.8 Å². The van der Waals surface area contributed by atoms with E-state index in [-0.39, 0.29) is 18.0 Å². The van der Waals surface area contributed by atoms with Gasteiger partial charge in [0.25, 0.3) is 0 Å².